The van der Waals surface area contributed by atoms with Crippen LogP contribution in [0.5, 0.6) is 0 Å². The van der Waals surface area contributed by atoms with Gasteiger partial charge in [-0.2, -0.15) is 4.57 Å². The van der Waals surface area contributed by atoms with Crippen molar-refractivity contribution < 1.29 is 13.4 Å². The average molecular weight is 457 g/mol. The molecule has 0 aliphatic heterocycles. The number of halogens is 1. The minimum Gasteiger partial charge on any atom is -0.455 e. The van der Waals surface area contributed by atoms with E-state index in [1.165, 1.54) is 32.8 Å². The Hall–Kier alpha value is -2.98. The second-order valence-corrected chi connectivity index (χ2v) is 15.6. The molecule has 5 rings (SSSR count). The van der Waals surface area contributed by atoms with Gasteiger partial charge in [0.1, 0.15) is 24.0 Å². The summed E-state index contributed by atoms with van der Waals surface area (Å²) in [5.41, 5.74) is 9.11. The van der Waals surface area contributed by atoms with Crippen LogP contribution in [0.4, 0.5) is 4.39 Å². The largest absolute Gasteiger partial charge is 0.455 e. The van der Waals surface area contributed by atoms with Crippen molar-refractivity contribution in [1.29, 1.82) is 0 Å². The number of pyridine rings is 1. The highest BCUT2D eigenvalue weighted by Crippen LogP contribution is 2.40. The Balaban J connectivity index is 1.92. The lowest BCUT2D eigenvalue weighted by atomic mass is 9.94. The monoisotopic (exact) mass is 456 g/mol. The average Bonchev–Trinajstić information content (AvgIpc) is 3.12. The van der Waals surface area contributed by atoms with Crippen LogP contribution in [0.1, 0.15) is 22.3 Å². The van der Waals surface area contributed by atoms with Crippen LogP contribution in [0.3, 0.4) is 0 Å². The zero-order valence-corrected chi connectivity index (χ0v) is 21.8. The molecule has 2 aromatic heterocycles. The topological polar surface area (TPSA) is 17.0 Å². The number of fused-ring (bicyclic) bond motifs is 4. The summed E-state index contributed by atoms with van der Waals surface area (Å²) >= 11 is 0. The molecule has 0 aliphatic rings. The molecule has 2 nitrogen and oxygen atoms in total. The third-order valence-electron chi connectivity index (χ3n) is 7.25. The molecule has 0 saturated heterocycles. The molecule has 2 heterocycles. The van der Waals surface area contributed by atoms with Gasteiger partial charge in [-0.3, -0.25) is 0 Å². The summed E-state index contributed by atoms with van der Waals surface area (Å²) < 4.78 is 23.0. The van der Waals surface area contributed by atoms with Gasteiger partial charge in [0, 0.05) is 33.9 Å². The molecule has 0 amide bonds. The highest BCUT2D eigenvalue weighted by atomic mass is 28.3. The maximum atomic E-state index is 14.3. The second kappa shape index (κ2) is 7.26. The molecule has 0 radical (unpaired) electrons. The molecular weight excluding hydrogens is 425 g/mol. The van der Waals surface area contributed by atoms with Crippen LogP contribution in [0.2, 0.25) is 19.6 Å². The predicted octanol–water partition coefficient (Wildman–Crippen LogP) is 7.15. The summed E-state index contributed by atoms with van der Waals surface area (Å²) in [7, 11) is 0.693. The number of nitrogens with zero attached hydrogens (tertiary/aromatic N) is 1. The fourth-order valence-corrected chi connectivity index (χ4v) is 6.13. The van der Waals surface area contributed by atoms with Gasteiger partial charge in [0.15, 0.2) is 0 Å². The number of furan rings is 1. The van der Waals surface area contributed by atoms with Crippen LogP contribution in [-0.2, 0) is 7.05 Å². The van der Waals surface area contributed by atoms with E-state index in [1.807, 2.05) is 6.07 Å². The number of hydrogen-bond donors (Lipinski definition) is 0. The number of aromatic nitrogens is 1. The molecular formula is C29H31FNOSi+. The zero-order chi connectivity index (χ0) is 23.8. The van der Waals surface area contributed by atoms with Gasteiger partial charge in [-0.25, -0.2) is 4.39 Å². The van der Waals surface area contributed by atoms with E-state index in [4.69, 9.17) is 4.42 Å². The van der Waals surface area contributed by atoms with Crippen molar-refractivity contribution in [3.05, 3.63) is 70.5 Å². The Bertz CT molecular complexity index is 1600. The molecule has 0 aliphatic carbocycles. The molecule has 5 aromatic rings. The SMILES string of the molecule is Cc1cc2c(oc3c(C)c(F)ccc32)c(-c2cc(C)c3ccc([Si](C)(C)C)cc3[n+]2C)c1C. The van der Waals surface area contributed by atoms with Crippen molar-refractivity contribution in [3.8, 4) is 11.3 Å². The van der Waals surface area contributed by atoms with Gasteiger partial charge in [0.05, 0.1) is 13.6 Å². The molecule has 33 heavy (non-hydrogen) atoms. The number of benzene rings is 3. The van der Waals surface area contributed by atoms with Crippen LogP contribution in [0.15, 0.2) is 46.9 Å². The minimum atomic E-state index is -1.45. The first-order chi connectivity index (χ1) is 15.5. The molecule has 3 aromatic carbocycles. The highest BCUT2D eigenvalue weighted by molar-refractivity contribution is 6.88. The van der Waals surface area contributed by atoms with E-state index < -0.39 is 8.07 Å². The van der Waals surface area contributed by atoms with Crippen molar-refractivity contribution in [1.82, 2.24) is 0 Å². The second-order valence-electron chi connectivity index (χ2n) is 10.5. The zero-order valence-electron chi connectivity index (χ0n) is 20.8. The third kappa shape index (κ3) is 3.23. The normalized spacial score (nSPS) is 12.4. The standard InChI is InChI=1S/C29H31FNOSi/c1-16-13-23-22-11-12-24(30)19(4)28(22)32-29(23)27(18(16)3)26-14-17(2)21-10-9-20(33(6,7)8)15-25(21)31(26)5/h9-15H,1-8H3/q+1. The number of rotatable bonds is 2. The first-order valence-corrected chi connectivity index (χ1v) is 15.0. The van der Waals surface area contributed by atoms with Crippen molar-refractivity contribution >= 4 is 46.1 Å². The number of aryl methyl sites for hydroxylation is 4. The van der Waals surface area contributed by atoms with E-state index >= 15 is 0 Å². The molecule has 4 heteroatoms. The maximum absolute atomic E-state index is 14.3. The van der Waals surface area contributed by atoms with E-state index in [9.17, 15) is 4.39 Å². The molecule has 168 valence electrons. The van der Waals surface area contributed by atoms with Crippen molar-refractivity contribution in [2.75, 3.05) is 0 Å². The third-order valence-corrected chi connectivity index (χ3v) is 9.30. The van der Waals surface area contributed by atoms with E-state index in [0.717, 1.165) is 27.6 Å². The Kier molecular flexibility index (Phi) is 4.80. The Morgan fingerprint density at radius 3 is 2.15 bits per heavy atom. The summed E-state index contributed by atoms with van der Waals surface area (Å²) in [5.74, 6) is -0.234. The fraction of sp³-hybridized carbons (Fsp3) is 0.276. The highest BCUT2D eigenvalue weighted by Gasteiger charge is 2.26. The predicted molar refractivity (Wildman–Crippen MR) is 140 cm³/mol. The van der Waals surface area contributed by atoms with Gasteiger partial charge in [-0.1, -0.05) is 30.9 Å². The van der Waals surface area contributed by atoms with Crippen LogP contribution >= 0.6 is 0 Å². The Morgan fingerprint density at radius 1 is 0.758 bits per heavy atom. The Labute approximate surface area is 195 Å². The first kappa shape index (κ1) is 21.8. The molecule has 0 saturated carbocycles. The maximum Gasteiger partial charge on any atom is 0.217 e. The molecule has 0 fully saturated rings. The molecule has 0 spiro atoms. The van der Waals surface area contributed by atoms with Crippen LogP contribution in [-0.4, -0.2) is 8.07 Å². The minimum absolute atomic E-state index is 0.234. The van der Waals surface area contributed by atoms with E-state index in [-0.39, 0.29) is 5.82 Å². The quantitative estimate of drug-likeness (QED) is 0.204. The van der Waals surface area contributed by atoms with Crippen LogP contribution in [0, 0.1) is 33.5 Å². The smallest absolute Gasteiger partial charge is 0.217 e. The Morgan fingerprint density at radius 2 is 1.45 bits per heavy atom. The molecule has 0 N–H and O–H groups in total. The summed E-state index contributed by atoms with van der Waals surface area (Å²) in [5, 5.41) is 4.73. The van der Waals surface area contributed by atoms with Crippen molar-refractivity contribution in [2.24, 2.45) is 7.05 Å². The van der Waals surface area contributed by atoms with Crippen LogP contribution in [0.25, 0.3) is 44.1 Å². The summed E-state index contributed by atoms with van der Waals surface area (Å²) in [6.07, 6.45) is 0. The van der Waals surface area contributed by atoms with Crippen LogP contribution < -0.4 is 9.75 Å². The lowest BCUT2D eigenvalue weighted by Crippen LogP contribution is -2.40. The molecule has 0 atom stereocenters. The van der Waals surface area contributed by atoms with E-state index in [2.05, 4.69) is 82.4 Å². The first-order valence-electron chi connectivity index (χ1n) is 11.5. The van der Waals surface area contributed by atoms with Gasteiger partial charge >= 0.3 is 0 Å². The molecule has 0 bridgehead atoms. The summed E-state index contributed by atoms with van der Waals surface area (Å²) in [6.45, 7) is 15.4. The van der Waals surface area contributed by atoms with E-state index in [0.29, 0.717) is 11.1 Å². The molecule has 0 unspecified atom stereocenters. The summed E-state index contributed by atoms with van der Waals surface area (Å²) in [4.78, 5) is 0. The van der Waals surface area contributed by atoms with Gasteiger partial charge in [0.2, 0.25) is 11.2 Å². The van der Waals surface area contributed by atoms with Gasteiger partial charge < -0.3 is 4.42 Å². The lowest BCUT2D eigenvalue weighted by molar-refractivity contribution is -0.633. The fourth-order valence-electron chi connectivity index (χ4n) is 4.98. The van der Waals surface area contributed by atoms with Crippen molar-refractivity contribution in [2.45, 2.75) is 47.3 Å². The number of hydrogen-bond acceptors (Lipinski definition) is 1. The van der Waals surface area contributed by atoms with Gasteiger partial charge in [-0.15, -0.1) is 0 Å². The summed E-state index contributed by atoms with van der Waals surface area (Å²) in [6, 6.07) is 14.8. The van der Waals surface area contributed by atoms with Gasteiger partial charge in [0.25, 0.3) is 0 Å². The van der Waals surface area contributed by atoms with Gasteiger partial charge in [-0.05, 0) is 68.7 Å². The lowest BCUT2D eigenvalue weighted by Gasteiger charge is -2.17. The van der Waals surface area contributed by atoms with Crippen molar-refractivity contribution in [3.63, 3.8) is 0 Å². The van der Waals surface area contributed by atoms with E-state index in [1.54, 1.807) is 13.0 Å².